The molecule has 0 unspecified atom stereocenters. The summed E-state index contributed by atoms with van der Waals surface area (Å²) >= 11 is 1.41. The van der Waals surface area contributed by atoms with Gasteiger partial charge < -0.3 is 14.8 Å². The Morgan fingerprint density at radius 2 is 2.41 bits per heavy atom. The van der Waals surface area contributed by atoms with Crippen LogP contribution in [0.3, 0.4) is 0 Å². The molecule has 17 heavy (non-hydrogen) atoms. The van der Waals surface area contributed by atoms with Crippen molar-refractivity contribution in [2.75, 3.05) is 6.54 Å². The minimum Gasteiger partial charge on any atom is -0.623 e. The van der Waals surface area contributed by atoms with E-state index in [0.717, 1.165) is 4.88 Å². The lowest BCUT2D eigenvalue weighted by Gasteiger charge is -2.03. The standard InChI is InChI=1S/C11H10N2O3S/c14-12-10(11-4-2-6-17-11)8-13(15)7-9-3-1-5-16-9/h1-7,14H,8H2/b12-10+,13-7-. The Morgan fingerprint density at radius 3 is 3.00 bits per heavy atom. The molecule has 0 aromatic carbocycles. The Bertz CT molecular complexity index is 515. The molecule has 0 spiro atoms. The number of hydroxylamine groups is 1. The molecule has 2 aromatic rings. The normalized spacial score (nSPS) is 12.9. The summed E-state index contributed by atoms with van der Waals surface area (Å²) in [4.78, 5) is 0.765. The highest BCUT2D eigenvalue weighted by Crippen LogP contribution is 2.10. The summed E-state index contributed by atoms with van der Waals surface area (Å²) in [7, 11) is 0. The van der Waals surface area contributed by atoms with Crippen molar-refractivity contribution in [2.45, 2.75) is 0 Å². The van der Waals surface area contributed by atoms with Gasteiger partial charge in [0.15, 0.2) is 18.0 Å². The maximum Gasteiger partial charge on any atom is 0.217 e. The molecule has 2 heterocycles. The maximum atomic E-state index is 11.6. The van der Waals surface area contributed by atoms with E-state index >= 15 is 0 Å². The van der Waals surface area contributed by atoms with Crippen molar-refractivity contribution in [3.63, 3.8) is 0 Å². The van der Waals surface area contributed by atoms with Gasteiger partial charge in [-0.25, -0.2) is 4.74 Å². The van der Waals surface area contributed by atoms with Gasteiger partial charge in [-0.05, 0) is 23.6 Å². The summed E-state index contributed by atoms with van der Waals surface area (Å²) in [6.07, 6.45) is 2.79. The van der Waals surface area contributed by atoms with Crippen molar-refractivity contribution in [3.05, 3.63) is 51.8 Å². The molecule has 0 bridgehead atoms. The molecule has 0 aliphatic rings. The predicted molar refractivity (Wildman–Crippen MR) is 65.0 cm³/mol. The molecule has 0 saturated heterocycles. The van der Waals surface area contributed by atoms with E-state index in [9.17, 15) is 5.21 Å². The number of oxime groups is 1. The summed E-state index contributed by atoms with van der Waals surface area (Å²) < 4.78 is 5.67. The zero-order valence-electron chi connectivity index (χ0n) is 8.81. The van der Waals surface area contributed by atoms with Crippen LogP contribution in [0.15, 0.2) is 45.5 Å². The predicted octanol–water partition coefficient (Wildman–Crippen LogP) is 2.15. The van der Waals surface area contributed by atoms with Crippen LogP contribution in [0, 0.1) is 5.21 Å². The Balaban J connectivity index is 2.10. The molecular formula is C11H10N2O3S. The molecule has 0 radical (unpaired) electrons. The highest BCUT2D eigenvalue weighted by atomic mass is 32.1. The minimum absolute atomic E-state index is 0.0300. The first-order valence-corrected chi connectivity index (χ1v) is 5.74. The van der Waals surface area contributed by atoms with E-state index in [4.69, 9.17) is 9.62 Å². The lowest BCUT2D eigenvalue weighted by molar-refractivity contribution is -0.435. The van der Waals surface area contributed by atoms with Gasteiger partial charge in [0.05, 0.1) is 11.1 Å². The molecule has 0 amide bonds. The van der Waals surface area contributed by atoms with Gasteiger partial charge in [0.2, 0.25) is 6.21 Å². The molecule has 2 aromatic heterocycles. The minimum atomic E-state index is -0.0300. The molecule has 0 aliphatic carbocycles. The fourth-order valence-corrected chi connectivity index (χ4v) is 2.00. The molecule has 0 atom stereocenters. The highest BCUT2D eigenvalue weighted by molar-refractivity contribution is 7.12. The van der Waals surface area contributed by atoms with Crippen LogP contribution in [0.4, 0.5) is 0 Å². The second-order valence-electron chi connectivity index (χ2n) is 3.24. The quantitative estimate of drug-likeness (QED) is 0.297. The molecular weight excluding hydrogens is 240 g/mol. The van der Waals surface area contributed by atoms with Gasteiger partial charge in [-0.2, -0.15) is 0 Å². The van der Waals surface area contributed by atoms with Crippen molar-refractivity contribution < 1.29 is 14.4 Å². The van der Waals surface area contributed by atoms with Crippen LogP contribution in [0.25, 0.3) is 0 Å². The zero-order chi connectivity index (χ0) is 12.1. The van der Waals surface area contributed by atoms with Crippen LogP contribution in [0.5, 0.6) is 0 Å². The van der Waals surface area contributed by atoms with E-state index in [1.54, 1.807) is 18.2 Å². The van der Waals surface area contributed by atoms with Gasteiger partial charge in [-0.15, -0.1) is 11.3 Å². The van der Waals surface area contributed by atoms with Crippen LogP contribution >= 0.6 is 11.3 Å². The van der Waals surface area contributed by atoms with Crippen molar-refractivity contribution in [3.8, 4) is 0 Å². The Morgan fingerprint density at radius 1 is 1.53 bits per heavy atom. The summed E-state index contributed by atoms with van der Waals surface area (Å²) in [5.41, 5.74) is 0.331. The van der Waals surface area contributed by atoms with Gasteiger partial charge in [-0.1, -0.05) is 11.2 Å². The zero-order valence-corrected chi connectivity index (χ0v) is 9.63. The molecule has 1 N–H and O–H groups in total. The summed E-state index contributed by atoms with van der Waals surface area (Å²) in [6.45, 7) is -0.0300. The fraction of sp³-hybridized carbons (Fsp3) is 0.0909. The molecule has 0 saturated carbocycles. The summed E-state index contributed by atoms with van der Waals surface area (Å²) in [6, 6.07) is 6.99. The van der Waals surface area contributed by atoms with Crippen molar-refractivity contribution in [1.82, 2.24) is 0 Å². The third kappa shape index (κ3) is 2.94. The Labute approximate surface area is 102 Å². The van der Waals surface area contributed by atoms with E-state index in [1.165, 1.54) is 23.8 Å². The molecule has 5 nitrogen and oxygen atoms in total. The highest BCUT2D eigenvalue weighted by Gasteiger charge is 2.10. The smallest absolute Gasteiger partial charge is 0.217 e. The van der Waals surface area contributed by atoms with Crippen LogP contribution in [0.2, 0.25) is 0 Å². The fourth-order valence-electron chi connectivity index (χ4n) is 1.30. The number of thiophene rings is 1. The maximum absolute atomic E-state index is 11.6. The Hall–Kier alpha value is -2.08. The second kappa shape index (κ2) is 5.31. The topological polar surface area (TPSA) is 71.8 Å². The van der Waals surface area contributed by atoms with Crippen LogP contribution in [0.1, 0.15) is 10.6 Å². The van der Waals surface area contributed by atoms with Gasteiger partial charge >= 0.3 is 0 Å². The molecule has 0 fully saturated rings. The second-order valence-corrected chi connectivity index (χ2v) is 4.19. The number of hydrogen-bond donors (Lipinski definition) is 1. The first-order valence-electron chi connectivity index (χ1n) is 4.86. The number of rotatable bonds is 4. The van der Waals surface area contributed by atoms with Crippen molar-refractivity contribution in [2.24, 2.45) is 5.16 Å². The van der Waals surface area contributed by atoms with Crippen LogP contribution in [-0.4, -0.2) is 28.4 Å². The van der Waals surface area contributed by atoms with Crippen LogP contribution in [-0.2, 0) is 0 Å². The Kier molecular flexibility index (Phi) is 3.56. The molecule has 88 valence electrons. The van der Waals surface area contributed by atoms with Gasteiger partial charge in [0.1, 0.15) is 0 Å². The molecule has 2 rings (SSSR count). The lowest BCUT2D eigenvalue weighted by Crippen LogP contribution is -2.17. The summed E-state index contributed by atoms with van der Waals surface area (Å²) in [5, 5.41) is 25.4. The number of nitrogens with zero attached hydrogens (tertiary/aromatic N) is 2. The monoisotopic (exact) mass is 250 g/mol. The van der Waals surface area contributed by atoms with Gasteiger partial charge in [0, 0.05) is 0 Å². The van der Waals surface area contributed by atoms with Gasteiger partial charge in [0.25, 0.3) is 0 Å². The third-order valence-corrected chi connectivity index (χ3v) is 2.97. The van der Waals surface area contributed by atoms with Gasteiger partial charge in [-0.3, -0.25) is 0 Å². The van der Waals surface area contributed by atoms with E-state index < -0.39 is 0 Å². The number of hydrogen-bond acceptors (Lipinski definition) is 5. The van der Waals surface area contributed by atoms with E-state index in [1.807, 2.05) is 11.4 Å². The van der Waals surface area contributed by atoms with E-state index in [-0.39, 0.29) is 6.54 Å². The third-order valence-electron chi connectivity index (χ3n) is 2.05. The SMILES string of the molecule is [O-]/[N+](=C\c1ccco1)C/C(=N\O)c1cccs1. The number of furan rings is 1. The van der Waals surface area contributed by atoms with Crippen molar-refractivity contribution in [1.29, 1.82) is 0 Å². The van der Waals surface area contributed by atoms with Crippen molar-refractivity contribution >= 4 is 23.3 Å². The first-order chi connectivity index (χ1) is 8.29. The lowest BCUT2D eigenvalue weighted by atomic mass is 10.3. The largest absolute Gasteiger partial charge is 0.623 e. The average molecular weight is 250 g/mol. The molecule has 0 aliphatic heterocycles. The van der Waals surface area contributed by atoms with E-state index in [0.29, 0.717) is 16.2 Å². The van der Waals surface area contributed by atoms with Crippen LogP contribution < -0.4 is 0 Å². The molecule has 6 heteroatoms. The summed E-state index contributed by atoms with van der Waals surface area (Å²) in [5.74, 6) is 0.462. The average Bonchev–Trinajstić information content (AvgIpc) is 2.97. The first kappa shape index (κ1) is 11.4. The van der Waals surface area contributed by atoms with E-state index in [2.05, 4.69) is 5.16 Å².